The first-order chi connectivity index (χ1) is 6.74. The SMILES string of the molecule is COCC(NC(C)C)c1ccccc1. The van der Waals surface area contributed by atoms with E-state index in [1.807, 2.05) is 6.07 Å². The Morgan fingerprint density at radius 3 is 2.36 bits per heavy atom. The van der Waals surface area contributed by atoms with Gasteiger partial charge in [-0.15, -0.1) is 0 Å². The molecule has 0 fully saturated rings. The van der Waals surface area contributed by atoms with Crippen LogP contribution in [0.25, 0.3) is 0 Å². The van der Waals surface area contributed by atoms with Gasteiger partial charge in [-0.25, -0.2) is 0 Å². The van der Waals surface area contributed by atoms with Gasteiger partial charge in [-0.3, -0.25) is 0 Å². The molecule has 0 spiro atoms. The summed E-state index contributed by atoms with van der Waals surface area (Å²) in [5.74, 6) is 0. The van der Waals surface area contributed by atoms with Crippen LogP contribution in [0.1, 0.15) is 25.5 Å². The second kappa shape index (κ2) is 5.78. The van der Waals surface area contributed by atoms with Gasteiger partial charge in [0.15, 0.2) is 0 Å². The topological polar surface area (TPSA) is 21.3 Å². The summed E-state index contributed by atoms with van der Waals surface area (Å²) in [5, 5.41) is 3.47. The van der Waals surface area contributed by atoms with Gasteiger partial charge in [0, 0.05) is 13.2 Å². The molecule has 0 saturated carbocycles. The van der Waals surface area contributed by atoms with E-state index in [0.29, 0.717) is 18.7 Å². The van der Waals surface area contributed by atoms with Crippen molar-refractivity contribution in [2.75, 3.05) is 13.7 Å². The number of hydrogen-bond acceptors (Lipinski definition) is 2. The molecule has 1 aromatic rings. The normalized spacial score (nSPS) is 13.1. The minimum atomic E-state index is 0.293. The summed E-state index contributed by atoms with van der Waals surface area (Å²) in [6, 6.07) is 11.2. The monoisotopic (exact) mass is 193 g/mol. The van der Waals surface area contributed by atoms with E-state index in [-0.39, 0.29) is 0 Å². The minimum Gasteiger partial charge on any atom is -0.383 e. The lowest BCUT2D eigenvalue weighted by Gasteiger charge is -2.20. The molecular weight excluding hydrogens is 174 g/mol. The van der Waals surface area contributed by atoms with Gasteiger partial charge in [0.25, 0.3) is 0 Å². The molecule has 0 bridgehead atoms. The molecule has 0 aliphatic carbocycles. The van der Waals surface area contributed by atoms with Crippen molar-refractivity contribution >= 4 is 0 Å². The molecule has 0 aromatic heterocycles. The number of nitrogens with one attached hydrogen (secondary N) is 1. The molecular formula is C12H19NO. The lowest BCUT2D eigenvalue weighted by Crippen LogP contribution is -2.30. The Bertz CT molecular complexity index is 246. The second-order valence-electron chi connectivity index (χ2n) is 3.74. The Morgan fingerprint density at radius 2 is 1.86 bits per heavy atom. The van der Waals surface area contributed by atoms with E-state index in [1.165, 1.54) is 5.56 Å². The summed E-state index contributed by atoms with van der Waals surface area (Å²) < 4.78 is 5.20. The summed E-state index contributed by atoms with van der Waals surface area (Å²) in [5.41, 5.74) is 1.28. The highest BCUT2D eigenvalue weighted by Crippen LogP contribution is 2.13. The molecule has 0 aliphatic heterocycles. The van der Waals surface area contributed by atoms with Gasteiger partial charge < -0.3 is 10.1 Å². The molecule has 1 atom stereocenters. The van der Waals surface area contributed by atoms with E-state index in [4.69, 9.17) is 4.74 Å². The molecule has 1 aromatic carbocycles. The van der Waals surface area contributed by atoms with Crippen LogP contribution in [0.5, 0.6) is 0 Å². The van der Waals surface area contributed by atoms with Crippen molar-refractivity contribution in [2.45, 2.75) is 25.9 Å². The third-order valence-electron chi connectivity index (χ3n) is 2.07. The Labute approximate surface area is 86.3 Å². The van der Waals surface area contributed by atoms with E-state index < -0.39 is 0 Å². The molecule has 2 nitrogen and oxygen atoms in total. The summed E-state index contributed by atoms with van der Waals surface area (Å²) in [6.45, 7) is 5.00. The zero-order valence-electron chi connectivity index (χ0n) is 9.16. The lowest BCUT2D eigenvalue weighted by atomic mass is 10.1. The summed E-state index contributed by atoms with van der Waals surface area (Å²) in [4.78, 5) is 0. The van der Waals surface area contributed by atoms with Gasteiger partial charge in [-0.1, -0.05) is 44.2 Å². The van der Waals surface area contributed by atoms with E-state index in [1.54, 1.807) is 7.11 Å². The number of rotatable bonds is 5. The third kappa shape index (κ3) is 3.48. The average molecular weight is 193 g/mol. The van der Waals surface area contributed by atoms with E-state index in [0.717, 1.165) is 0 Å². The second-order valence-corrected chi connectivity index (χ2v) is 3.74. The van der Waals surface area contributed by atoms with Crippen molar-refractivity contribution in [3.8, 4) is 0 Å². The molecule has 1 unspecified atom stereocenters. The molecule has 0 heterocycles. The van der Waals surface area contributed by atoms with Crippen LogP contribution in [0.4, 0.5) is 0 Å². The number of benzene rings is 1. The maximum atomic E-state index is 5.20. The van der Waals surface area contributed by atoms with Crippen molar-refractivity contribution < 1.29 is 4.74 Å². The molecule has 1 rings (SSSR count). The van der Waals surface area contributed by atoms with Gasteiger partial charge in [0.05, 0.1) is 12.6 Å². The average Bonchev–Trinajstić information content (AvgIpc) is 2.18. The highest BCUT2D eigenvalue weighted by Gasteiger charge is 2.10. The molecule has 78 valence electrons. The molecule has 14 heavy (non-hydrogen) atoms. The summed E-state index contributed by atoms with van der Waals surface area (Å²) in [7, 11) is 1.73. The first-order valence-corrected chi connectivity index (χ1v) is 5.04. The minimum absolute atomic E-state index is 0.293. The maximum Gasteiger partial charge on any atom is 0.0657 e. The van der Waals surface area contributed by atoms with Crippen LogP contribution >= 0.6 is 0 Å². The quantitative estimate of drug-likeness (QED) is 0.775. The van der Waals surface area contributed by atoms with Crippen LogP contribution in [-0.2, 0) is 4.74 Å². The highest BCUT2D eigenvalue weighted by molar-refractivity contribution is 5.19. The predicted molar refractivity (Wildman–Crippen MR) is 59.3 cm³/mol. The molecule has 0 aliphatic rings. The van der Waals surface area contributed by atoms with Gasteiger partial charge in [-0.05, 0) is 5.56 Å². The molecule has 0 saturated heterocycles. The van der Waals surface area contributed by atoms with Crippen LogP contribution in [0, 0.1) is 0 Å². The highest BCUT2D eigenvalue weighted by atomic mass is 16.5. The van der Waals surface area contributed by atoms with Crippen molar-refractivity contribution in [1.29, 1.82) is 0 Å². The van der Waals surface area contributed by atoms with Crippen molar-refractivity contribution in [1.82, 2.24) is 5.32 Å². The molecule has 1 N–H and O–H groups in total. The van der Waals surface area contributed by atoms with Gasteiger partial charge in [-0.2, -0.15) is 0 Å². The summed E-state index contributed by atoms with van der Waals surface area (Å²) in [6.07, 6.45) is 0. The Hall–Kier alpha value is -0.860. The van der Waals surface area contributed by atoms with Crippen molar-refractivity contribution in [3.05, 3.63) is 35.9 Å². The summed E-state index contributed by atoms with van der Waals surface area (Å²) >= 11 is 0. The maximum absolute atomic E-state index is 5.20. The third-order valence-corrected chi connectivity index (χ3v) is 2.07. The Balaban J connectivity index is 2.67. The van der Waals surface area contributed by atoms with E-state index in [2.05, 4.69) is 43.4 Å². The predicted octanol–water partition coefficient (Wildman–Crippen LogP) is 2.37. The fraction of sp³-hybridized carbons (Fsp3) is 0.500. The fourth-order valence-corrected chi connectivity index (χ4v) is 1.49. The van der Waals surface area contributed by atoms with Crippen LogP contribution in [-0.4, -0.2) is 19.8 Å². The Morgan fingerprint density at radius 1 is 1.21 bits per heavy atom. The van der Waals surface area contributed by atoms with Gasteiger partial charge in [0.2, 0.25) is 0 Å². The molecule has 0 radical (unpaired) electrons. The lowest BCUT2D eigenvalue weighted by molar-refractivity contribution is 0.163. The smallest absolute Gasteiger partial charge is 0.0657 e. The molecule has 0 amide bonds. The zero-order chi connectivity index (χ0) is 10.4. The van der Waals surface area contributed by atoms with E-state index >= 15 is 0 Å². The molecule has 2 heteroatoms. The van der Waals surface area contributed by atoms with E-state index in [9.17, 15) is 0 Å². The number of hydrogen-bond donors (Lipinski definition) is 1. The number of ether oxygens (including phenoxy) is 1. The van der Waals surface area contributed by atoms with Gasteiger partial charge >= 0.3 is 0 Å². The van der Waals surface area contributed by atoms with Crippen molar-refractivity contribution in [2.24, 2.45) is 0 Å². The Kier molecular flexibility index (Phi) is 4.63. The largest absolute Gasteiger partial charge is 0.383 e. The first kappa shape index (κ1) is 11.2. The van der Waals surface area contributed by atoms with Crippen LogP contribution in [0.3, 0.4) is 0 Å². The standard InChI is InChI=1S/C12H19NO/c1-10(2)13-12(9-14-3)11-7-5-4-6-8-11/h4-8,10,12-13H,9H2,1-3H3. The van der Waals surface area contributed by atoms with Gasteiger partial charge in [0.1, 0.15) is 0 Å². The number of methoxy groups -OCH3 is 1. The van der Waals surface area contributed by atoms with Crippen LogP contribution in [0.2, 0.25) is 0 Å². The van der Waals surface area contributed by atoms with Crippen LogP contribution in [0.15, 0.2) is 30.3 Å². The zero-order valence-corrected chi connectivity index (χ0v) is 9.16. The fourth-order valence-electron chi connectivity index (χ4n) is 1.49. The van der Waals surface area contributed by atoms with Crippen LogP contribution < -0.4 is 5.32 Å². The first-order valence-electron chi connectivity index (χ1n) is 5.04. The van der Waals surface area contributed by atoms with Crippen molar-refractivity contribution in [3.63, 3.8) is 0 Å².